The molecule has 0 aliphatic heterocycles. The number of methoxy groups -OCH3 is 1. The van der Waals surface area contributed by atoms with E-state index in [9.17, 15) is 9.90 Å². The number of hydrogen-bond donors (Lipinski definition) is 2. The van der Waals surface area contributed by atoms with E-state index in [1.165, 1.54) is 13.2 Å². The zero-order valence-electron chi connectivity index (χ0n) is 16.9. The van der Waals surface area contributed by atoms with Crippen LogP contribution >= 0.6 is 0 Å². The number of anilines is 1. The zero-order valence-corrected chi connectivity index (χ0v) is 16.9. The third-order valence-electron chi connectivity index (χ3n) is 4.75. The number of hydrogen-bond acceptors (Lipinski definition) is 5. The quantitative estimate of drug-likeness (QED) is 0.498. The summed E-state index contributed by atoms with van der Waals surface area (Å²) in [7, 11) is 15.2. The maximum absolute atomic E-state index is 13.1. The van der Waals surface area contributed by atoms with Crippen LogP contribution in [0, 0.1) is 0 Å². The molecule has 0 fully saturated rings. The molecule has 0 aliphatic carbocycles. The summed E-state index contributed by atoms with van der Waals surface area (Å²) in [6.45, 7) is 2.29. The van der Waals surface area contributed by atoms with E-state index in [1.54, 1.807) is 27.7 Å². The third-order valence-corrected chi connectivity index (χ3v) is 4.75. The van der Waals surface area contributed by atoms with E-state index in [0.717, 1.165) is 10.9 Å². The van der Waals surface area contributed by atoms with Gasteiger partial charge in [0.1, 0.15) is 30.4 Å². The Kier molecular flexibility index (Phi) is 4.93. The number of ether oxygens (including phenoxy) is 1. The first-order chi connectivity index (χ1) is 14.3. The van der Waals surface area contributed by atoms with Gasteiger partial charge in [-0.05, 0) is 12.1 Å². The summed E-state index contributed by atoms with van der Waals surface area (Å²) in [5.74, 6) is -0.486. The van der Waals surface area contributed by atoms with E-state index in [1.807, 2.05) is 20.2 Å². The van der Waals surface area contributed by atoms with Crippen LogP contribution in [0.25, 0.3) is 21.8 Å². The molecule has 2 aromatic heterocycles. The van der Waals surface area contributed by atoms with Gasteiger partial charge in [0.25, 0.3) is 5.91 Å². The number of nitrogens with zero attached hydrogens (tertiary/aromatic N) is 4. The number of carbonyl (C=O) groups excluding carboxylic acids is 1. The summed E-state index contributed by atoms with van der Waals surface area (Å²) in [4.78, 5) is 13.1. The normalized spacial score (nSPS) is 12.4. The van der Waals surface area contributed by atoms with Crippen molar-refractivity contribution >= 4 is 54.6 Å². The summed E-state index contributed by atoms with van der Waals surface area (Å²) in [6.07, 6.45) is 3.55. The second-order valence-corrected chi connectivity index (χ2v) is 7.32. The lowest BCUT2D eigenvalue weighted by Gasteiger charge is -2.12. The van der Waals surface area contributed by atoms with E-state index in [0.29, 0.717) is 34.3 Å². The predicted molar refractivity (Wildman–Crippen MR) is 117 cm³/mol. The molecule has 30 heavy (non-hydrogen) atoms. The number of rotatable bonds is 5. The zero-order chi connectivity index (χ0) is 21.6. The second kappa shape index (κ2) is 7.44. The van der Waals surface area contributed by atoms with Crippen LogP contribution in [0.5, 0.6) is 11.5 Å². The summed E-state index contributed by atoms with van der Waals surface area (Å²) in [5.41, 5.74) is 1.83. The van der Waals surface area contributed by atoms with Gasteiger partial charge in [0.2, 0.25) is 0 Å². The number of aromatic nitrogens is 4. The Morgan fingerprint density at radius 1 is 1.30 bits per heavy atom. The number of carbonyl (C=O) groups is 1. The first kappa shape index (κ1) is 19.9. The van der Waals surface area contributed by atoms with Crippen LogP contribution in [0.15, 0.2) is 30.6 Å². The Labute approximate surface area is 175 Å². The largest absolute Gasteiger partial charge is 0.507 e. The van der Waals surface area contributed by atoms with Crippen LogP contribution in [-0.4, -0.2) is 53.4 Å². The molecule has 0 saturated heterocycles. The van der Waals surface area contributed by atoms with Crippen LogP contribution in [0.1, 0.15) is 17.3 Å². The molecule has 4 radical (unpaired) electrons. The van der Waals surface area contributed by atoms with Crippen molar-refractivity contribution < 1.29 is 14.6 Å². The minimum Gasteiger partial charge on any atom is -0.507 e. The van der Waals surface area contributed by atoms with Crippen LogP contribution < -0.4 is 15.5 Å². The third kappa shape index (κ3) is 3.49. The SMILES string of the molecule is [B]c1cc(O)c(C(=O)Nc2cc3cn(C)nc3cc2OC)c2nn(C[C@H]([B])C)cc12. The van der Waals surface area contributed by atoms with Crippen LogP contribution in [0.2, 0.25) is 5.82 Å². The molecule has 0 aliphatic rings. The Balaban J connectivity index is 1.78. The fourth-order valence-corrected chi connectivity index (χ4v) is 3.48. The van der Waals surface area contributed by atoms with Crippen LogP contribution in [0.3, 0.4) is 0 Å². The Hall–Kier alpha value is -3.42. The highest BCUT2D eigenvalue weighted by atomic mass is 16.5. The van der Waals surface area contributed by atoms with Gasteiger partial charge >= 0.3 is 0 Å². The summed E-state index contributed by atoms with van der Waals surface area (Å²) in [6, 6.07) is 4.84. The fraction of sp³-hybridized carbons (Fsp3) is 0.250. The number of nitrogens with one attached hydrogen (secondary N) is 1. The highest BCUT2D eigenvalue weighted by Gasteiger charge is 2.21. The van der Waals surface area contributed by atoms with Crippen molar-refractivity contribution in [2.45, 2.75) is 19.3 Å². The molecule has 1 amide bonds. The van der Waals surface area contributed by atoms with Gasteiger partial charge in [-0.15, -0.1) is 0 Å². The van der Waals surface area contributed by atoms with E-state index in [2.05, 4.69) is 15.5 Å². The van der Waals surface area contributed by atoms with Crippen molar-refractivity contribution in [2.75, 3.05) is 12.4 Å². The van der Waals surface area contributed by atoms with E-state index < -0.39 is 5.91 Å². The molecule has 0 saturated carbocycles. The molecule has 8 nitrogen and oxygen atoms in total. The lowest BCUT2D eigenvalue weighted by atomic mass is 9.89. The minimum atomic E-state index is -0.537. The van der Waals surface area contributed by atoms with Crippen LogP contribution in [0.4, 0.5) is 5.69 Å². The standard InChI is InChI=1S/C20H19B2N5O3/c1-10(21)7-27-9-12-13(22)5-16(28)18(19(12)25-27)20(29)23-15-4-11-8-26(2)24-14(11)6-17(15)30-3/h4-6,8-10,28H,7H2,1-3H3,(H,23,29)/t10-/m1/s1. The molecule has 0 spiro atoms. The number of phenols is 1. The average Bonchev–Trinajstić information content (AvgIpc) is 3.22. The maximum atomic E-state index is 13.1. The Morgan fingerprint density at radius 3 is 2.77 bits per heavy atom. The monoisotopic (exact) mass is 399 g/mol. The molecule has 2 N–H and O–H groups in total. The molecular formula is C20H19B2N5O3. The first-order valence-corrected chi connectivity index (χ1v) is 9.33. The fourth-order valence-electron chi connectivity index (χ4n) is 3.48. The van der Waals surface area contributed by atoms with Gasteiger partial charge in [-0.2, -0.15) is 10.2 Å². The molecule has 0 unspecified atom stereocenters. The number of benzene rings is 2. The van der Waals surface area contributed by atoms with E-state index in [4.69, 9.17) is 20.4 Å². The highest BCUT2D eigenvalue weighted by molar-refractivity contribution is 6.39. The van der Waals surface area contributed by atoms with Crippen molar-refractivity contribution in [3.63, 3.8) is 0 Å². The Bertz CT molecular complexity index is 1280. The van der Waals surface area contributed by atoms with Crippen molar-refractivity contribution in [3.8, 4) is 11.5 Å². The molecule has 4 aromatic rings. The van der Waals surface area contributed by atoms with Crippen molar-refractivity contribution in [2.24, 2.45) is 7.05 Å². The number of aryl methyl sites for hydroxylation is 1. The van der Waals surface area contributed by atoms with E-state index >= 15 is 0 Å². The number of aromatic hydroxyl groups is 1. The predicted octanol–water partition coefficient (Wildman–Crippen LogP) is 1.66. The van der Waals surface area contributed by atoms with Gasteiger partial charge in [-0.1, -0.05) is 18.2 Å². The molecule has 2 heterocycles. The van der Waals surface area contributed by atoms with Gasteiger partial charge in [0.15, 0.2) is 0 Å². The molecule has 2 aromatic carbocycles. The van der Waals surface area contributed by atoms with Gasteiger partial charge in [0, 0.05) is 42.8 Å². The van der Waals surface area contributed by atoms with Gasteiger partial charge in [-0.3, -0.25) is 14.2 Å². The van der Waals surface area contributed by atoms with E-state index in [-0.39, 0.29) is 17.1 Å². The molecule has 0 bridgehead atoms. The molecule has 10 heteroatoms. The van der Waals surface area contributed by atoms with Gasteiger partial charge in [0.05, 0.1) is 26.2 Å². The van der Waals surface area contributed by atoms with Gasteiger partial charge in [-0.25, -0.2) is 0 Å². The summed E-state index contributed by atoms with van der Waals surface area (Å²) in [5, 5.41) is 23.4. The molecular weight excluding hydrogens is 380 g/mol. The summed E-state index contributed by atoms with van der Waals surface area (Å²) >= 11 is 0. The number of fused-ring (bicyclic) bond motifs is 2. The molecule has 1 atom stereocenters. The molecule has 148 valence electrons. The minimum absolute atomic E-state index is 0.0240. The van der Waals surface area contributed by atoms with Crippen molar-refractivity contribution in [3.05, 3.63) is 36.2 Å². The Morgan fingerprint density at radius 2 is 2.07 bits per heavy atom. The lowest BCUT2D eigenvalue weighted by Crippen LogP contribution is -2.16. The summed E-state index contributed by atoms with van der Waals surface area (Å²) < 4.78 is 8.70. The van der Waals surface area contributed by atoms with Crippen LogP contribution in [-0.2, 0) is 13.6 Å². The number of phenolic OH excluding ortho intramolecular Hbond substituents is 1. The smallest absolute Gasteiger partial charge is 0.261 e. The maximum Gasteiger partial charge on any atom is 0.261 e. The lowest BCUT2D eigenvalue weighted by molar-refractivity contribution is 0.102. The first-order valence-electron chi connectivity index (χ1n) is 9.33. The average molecular weight is 399 g/mol. The molecule has 4 rings (SSSR count). The second-order valence-electron chi connectivity index (χ2n) is 7.32. The topological polar surface area (TPSA) is 94.2 Å². The number of amides is 1. The van der Waals surface area contributed by atoms with Gasteiger partial charge < -0.3 is 15.2 Å². The van der Waals surface area contributed by atoms with Crippen molar-refractivity contribution in [1.29, 1.82) is 0 Å². The van der Waals surface area contributed by atoms with Crippen molar-refractivity contribution in [1.82, 2.24) is 19.6 Å². The highest BCUT2D eigenvalue weighted by Crippen LogP contribution is 2.32.